The lowest BCUT2D eigenvalue weighted by molar-refractivity contribution is -0.385. The van der Waals surface area contributed by atoms with Crippen LogP contribution in [0.4, 0.5) is 5.69 Å². The summed E-state index contributed by atoms with van der Waals surface area (Å²) in [5, 5.41) is 16.6. The first-order valence-electron chi connectivity index (χ1n) is 11.5. The van der Waals surface area contributed by atoms with E-state index >= 15 is 0 Å². The number of nitrogens with zero attached hydrogens (tertiary/aromatic N) is 4. The maximum atomic E-state index is 13.4. The average molecular weight is 549 g/mol. The Morgan fingerprint density at radius 2 is 1.94 bits per heavy atom. The van der Waals surface area contributed by atoms with E-state index in [1.54, 1.807) is 24.3 Å². The second-order valence-corrected chi connectivity index (χ2v) is 9.44. The Bertz CT molecular complexity index is 1510. The van der Waals surface area contributed by atoms with E-state index in [9.17, 15) is 14.9 Å². The summed E-state index contributed by atoms with van der Waals surface area (Å²) < 4.78 is 7.94. The zero-order valence-electron chi connectivity index (χ0n) is 20.1. The molecule has 4 aromatic rings. The van der Waals surface area contributed by atoms with Crippen LogP contribution in [-0.2, 0) is 6.61 Å². The highest BCUT2D eigenvalue weighted by Crippen LogP contribution is 2.31. The third-order valence-electron chi connectivity index (χ3n) is 5.92. The van der Waals surface area contributed by atoms with E-state index in [1.165, 1.54) is 17.0 Å². The lowest BCUT2D eigenvalue weighted by atomic mass is 10.1. The molecule has 9 heteroatoms. The molecule has 4 rings (SSSR count). The number of nitro benzene ring substituents is 1. The van der Waals surface area contributed by atoms with Crippen molar-refractivity contribution in [2.24, 2.45) is 5.10 Å². The standard InChI is InChI=1S/C27H25BrN4O4/c1-4-18(3)26-30-23-13-12-21(28)14-22(23)27(33)31(26)29-15-20-6-5-7-24(32(34)35)25(20)36-16-19-10-8-17(2)9-11-19/h5-15,18H,4,16H2,1-3H3/t18-/m0/s1. The lowest BCUT2D eigenvalue weighted by Crippen LogP contribution is -2.23. The highest BCUT2D eigenvalue weighted by Gasteiger charge is 2.20. The first-order chi connectivity index (χ1) is 17.3. The summed E-state index contributed by atoms with van der Waals surface area (Å²) >= 11 is 3.40. The number of para-hydroxylation sites is 1. The second kappa shape index (κ2) is 10.8. The van der Waals surface area contributed by atoms with Gasteiger partial charge in [0.25, 0.3) is 5.56 Å². The zero-order valence-corrected chi connectivity index (χ0v) is 21.7. The molecule has 0 fully saturated rings. The molecule has 0 saturated heterocycles. The van der Waals surface area contributed by atoms with Gasteiger partial charge in [0.05, 0.1) is 22.0 Å². The van der Waals surface area contributed by atoms with Gasteiger partial charge >= 0.3 is 5.69 Å². The monoisotopic (exact) mass is 548 g/mol. The van der Waals surface area contributed by atoms with Crippen molar-refractivity contribution in [1.82, 2.24) is 9.66 Å². The zero-order chi connectivity index (χ0) is 25.8. The minimum Gasteiger partial charge on any atom is -0.481 e. The van der Waals surface area contributed by atoms with Gasteiger partial charge < -0.3 is 4.74 Å². The van der Waals surface area contributed by atoms with Gasteiger partial charge in [-0.3, -0.25) is 14.9 Å². The predicted octanol–water partition coefficient (Wildman–Crippen LogP) is 6.35. The third-order valence-corrected chi connectivity index (χ3v) is 6.42. The van der Waals surface area contributed by atoms with Crippen LogP contribution in [0.1, 0.15) is 48.7 Å². The number of nitro groups is 1. The van der Waals surface area contributed by atoms with Crippen molar-refractivity contribution in [3.05, 3.63) is 108 Å². The van der Waals surface area contributed by atoms with Crippen LogP contribution in [0.5, 0.6) is 5.75 Å². The Morgan fingerprint density at radius 3 is 2.64 bits per heavy atom. The number of halogens is 1. The van der Waals surface area contributed by atoms with E-state index < -0.39 is 4.92 Å². The molecule has 184 valence electrons. The quantitative estimate of drug-likeness (QED) is 0.145. The minimum atomic E-state index is -0.492. The third kappa shape index (κ3) is 5.36. The van der Waals surface area contributed by atoms with Crippen LogP contribution >= 0.6 is 15.9 Å². The molecule has 1 atom stereocenters. The number of rotatable bonds is 8. The molecule has 0 radical (unpaired) electrons. The van der Waals surface area contributed by atoms with Crippen molar-refractivity contribution in [2.45, 2.75) is 39.7 Å². The summed E-state index contributed by atoms with van der Waals surface area (Å²) in [7, 11) is 0. The van der Waals surface area contributed by atoms with Crippen molar-refractivity contribution in [3.63, 3.8) is 0 Å². The highest BCUT2D eigenvalue weighted by molar-refractivity contribution is 9.10. The van der Waals surface area contributed by atoms with Crippen molar-refractivity contribution in [3.8, 4) is 5.75 Å². The number of hydrogen-bond acceptors (Lipinski definition) is 6. The summed E-state index contributed by atoms with van der Waals surface area (Å²) in [5.74, 6) is 0.563. The van der Waals surface area contributed by atoms with Crippen LogP contribution in [0, 0.1) is 17.0 Å². The normalized spacial score (nSPS) is 12.2. The second-order valence-electron chi connectivity index (χ2n) is 8.53. The molecule has 3 aromatic carbocycles. The van der Waals surface area contributed by atoms with Gasteiger partial charge in [0, 0.05) is 22.0 Å². The molecule has 0 aliphatic heterocycles. The van der Waals surface area contributed by atoms with Gasteiger partial charge in [-0.25, -0.2) is 4.98 Å². The van der Waals surface area contributed by atoms with Crippen LogP contribution in [-0.4, -0.2) is 20.8 Å². The van der Waals surface area contributed by atoms with Gasteiger partial charge in [0.1, 0.15) is 12.4 Å². The highest BCUT2D eigenvalue weighted by atomic mass is 79.9. The fraction of sp³-hybridized carbons (Fsp3) is 0.222. The van der Waals surface area contributed by atoms with Crippen LogP contribution in [0.15, 0.2) is 75.0 Å². The largest absolute Gasteiger partial charge is 0.481 e. The molecule has 0 aliphatic rings. The maximum Gasteiger partial charge on any atom is 0.311 e. The molecule has 8 nitrogen and oxygen atoms in total. The number of fused-ring (bicyclic) bond motifs is 1. The fourth-order valence-electron chi connectivity index (χ4n) is 3.68. The summed E-state index contributed by atoms with van der Waals surface area (Å²) in [6.45, 7) is 6.11. The van der Waals surface area contributed by atoms with Gasteiger partial charge in [-0.05, 0) is 43.2 Å². The maximum absolute atomic E-state index is 13.4. The molecule has 0 amide bonds. The fourth-order valence-corrected chi connectivity index (χ4v) is 4.04. The van der Waals surface area contributed by atoms with E-state index in [-0.39, 0.29) is 29.5 Å². The van der Waals surface area contributed by atoms with Crippen molar-refractivity contribution >= 4 is 38.7 Å². The van der Waals surface area contributed by atoms with Gasteiger partial charge in [0.15, 0.2) is 0 Å². The molecule has 0 spiro atoms. The minimum absolute atomic E-state index is 0.0368. The molecule has 1 heterocycles. The van der Waals surface area contributed by atoms with Gasteiger partial charge in [0.2, 0.25) is 5.75 Å². The Hall–Kier alpha value is -3.85. The van der Waals surface area contributed by atoms with Crippen molar-refractivity contribution in [2.75, 3.05) is 0 Å². The van der Waals surface area contributed by atoms with E-state index in [2.05, 4.69) is 21.0 Å². The molecule has 36 heavy (non-hydrogen) atoms. The van der Waals surface area contributed by atoms with Gasteiger partial charge in [-0.2, -0.15) is 9.78 Å². The topological polar surface area (TPSA) is 99.6 Å². The SMILES string of the molecule is CC[C@H](C)c1nc2ccc(Br)cc2c(=O)n1N=Cc1cccc([N+](=O)[O-])c1OCc1ccc(C)cc1. The Kier molecular flexibility index (Phi) is 7.59. The van der Waals surface area contributed by atoms with Gasteiger partial charge in [-0.15, -0.1) is 0 Å². The molecule has 0 unspecified atom stereocenters. The molecule has 0 saturated carbocycles. The average Bonchev–Trinajstić information content (AvgIpc) is 2.87. The van der Waals surface area contributed by atoms with E-state index in [0.29, 0.717) is 22.3 Å². The summed E-state index contributed by atoms with van der Waals surface area (Å²) in [6, 6.07) is 17.7. The van der Waals surface area contributed by atoms with Crippen LogP contribution in [0.25, 0.3) is 10.9 Å². The lowest BCUT2D eigenvalue weighted by Gasteiger charge is -2.14. The molecular formula is C27H25BrN4O4. The van der Waals surface area contributed by atoms with E-state index in [0.717, 1.165) is 22.0 Å². The Labute approximate surface area is 216 Å². The Balaban J connectivity index is 1.79. The number of aryl methyl sites for hydroxylation is 1. The Morgan fingerprint density at radius 1 is 1.19 bits per heavy atom. The number of ether oxygens (including phenoxy) is 1. The molecule has 0 N–H and O–H groups in total. The summed E-state index contributed by atoms with van der Waals surface area (Å²) in [5.41, 5.74) is 2.45. The first kappa shape index (κ1) is 25.2. The smallest absolute Gasteiger partial charge is 0.311 e. The van der Waals surface area contributed by atoms with Crippen molar-refractivity contribution in [1.29, 1.82) is 0 Å². The van der Waals surface area contributed by atoms with E-state index in [4.69, 9.17) is 9.72 Å². The molecule has 0 aliphatic carbocycles. The molecule has 0 bridgehead atoms. The van der Waals surface area contributed by atoms with E-state index in [1.807, 2.05) is 51.1 Å². The first-order valence-corrected chi connectivity index (χ1v) is 12.3. The van der Waals surface area contributed by atoms with Crippen LogP contribution in [0.2, 0.25) is 0 Å². The molecular weight excluding hydrogens is 524 g/mol. The number of aromatic nitrogens is 2. The van der Waals surface area contributed by atoms with Crippen molar-refractivity contribution < 1.29 is 9.66 Å². The molecule has 1 aromatic heterocycles. The van der Waals surface area contributed by atoms with Gasteiger partial charge in [-0.1, -0.05) is 65.7 Å². The van der Waals surface area contributed by atoms with Crippen LogP contribution in [0.3, 0.4) is 0 Å². The van der Waals surface area contributed by atoms with Crippen LogP contribution < -0.4 is 10.3 Å². The number of hydrogen-bond donors (Lipinski definition) is 0. The predicted molar refractivity (Wildman–Crippen MR) is 144 cm³/mol. The number of benzene rings is 3. The summed E-state index contributed by atoms with van der Waals surface area (Å²) in [6.07, 6.45) is 2.17. The summed E-state index contributed by atoms with van der Waals surface area (Å²) in [4.78, 5) is 29.3.